The lowest BCUT2D eigenvalue weighted by atomic mass is 10.1. The Labute approximate surface area is 109 Å². The SMILES string of the molecule is Cc1cc(N2CC(CCl)CC2=O)ccc1[N+](=O)[O-]. The van der Waals surface area contributed by atoms with Crippen molar-refractivity contribution < 1.29 is 9.72 Å². The van der Waals surface area contributed by atoms with Gasteiger partial charge in [0.1, 0.15) is 0 Å². The molecule has 18 heavy (non-hydrogen) atoms. The van der Waals surface area contributed by atoms with Crippen molar-refractivity contribution in [3.05, 3.63) is 33.9 Å². The minimum atomic E-state index is -0.424. The molecule has 1 atom stereocenters. The minimum absolute atomic E-state index is 0.0221. The number of nitro groups is 1. The van der Waals surface area contributed by atoms with E-state index in [9.17, 15) is 14.9 Å². The van der Waals surface area contributed by atoms with Gasteiger partial charge in [-0.05, 0) is 25.0 Å². The average molecular weight is 269 g/mol. The van der Waals surface area contributed by atoms with Crippen LogP contribution in [0.5, 0.6) is 0 Å². The molecule has 0 spiro atoms. The average Bonchev–Trinajstić information content (AvgIpc) is 2.70. The number of anilines is 1. The summed E-state index contributed by atoms with van der Waals surface area (Å²) in [6.45, 7) is 2.25. The molecule has 5 nitrogen and oxygen atoms in total. The van der Waals surface area contributed by atoms with Gasteiger partial charge in [-0.2, -0.15) is 0 Å². The lowest BCUT2D eigenvalue weighted by molar-refractivity contribution is -0.385. The molecule has 2 rings (SSSR count). The summed E-state index contributed by atoms with van der Waals surface area (Å²) in [6.07, 6.45) is 0.444. The molecular weight excluding hydrogens is 256 g/mol. The first-order chi connectivity index (χ1) is 8.52. The molecule has 1 aliphatic heterocycles. The third-order valence-electron chi connectivity index (χ3n) is 3.11. The second-order valence-electron chi connectivity index (χ2n) is 4.46. The molecule has 0 bridgehead atoms. The van der Waals surface area contributed by atoms with Crippen LogP contribution in [0.15, 0.2) is 18.2 Å². The van der Waals surface area contributed by atoms with Gasteiger partial charge in [0.2, 0.25) is 5.91 Å². The van der Waals surface area contributed by atoms with E-state index in [0.717, 1.165) is 0 Å². The molecule has 1 aromatic rings. The second kappa shape index (κ2) is 4.94. The van der Waals surface area contributed by atoms with E-state index < -0.39 is 4.92 Å². The molecule has 0 aromatic heterocycles. The van der Waals surface area contributed by atoms with Gasteiger partial charge in [0.15, 0.2) is 0 Å². The standard InChI is InChI=1S/C12H13ClN2O3/c1-8-4-10(2-3-11(8)15(17)18)14-7-9(6-13)5-12(14)16/h2-4,9H,5-7H2,1H3. The number of hydrogen-bond acceptors (Lipinski definition) is 3. The van der Waals surface area contributed by atoms with E-state index >= 15 is 0 Å². The fourth-order valence-corrected chi connectivity index (χ4v) is 2.35. The van der Waals surface area contributed by atoms with Crippen LogP contribution in [0.2, 0.25) is 0 Å². The summed E-state index contributed by atoms with van der Waals surface area (Å²) < 4.78 is 0. The smallest absolute Gasteiger partial charge is 0.272 e. The highest BCUT2D eigenvalue weighted by molar-refractivity contribution is 6.18. The number of nitrogens with zero attached hydrogens (tertiary/aromatic N) is 2. The van der Waals surface area contributed by atoms with Gasteiger partial charge in [-0.15, -0.1) is 11.6 Å². The molecular formula is C12H13ClN2O3. The largest absolute Gasteiger partial charge is 0.312 e. The van der Waals surface area contributed by atoms with Crippen molar-refractivity contribution in [2.75, 3.05) is 17.3 Å². The van der Waals surface area contributed by atoms with Gasteiger partial charge < -0.3 is 4.90 Å². The highest BCUT2D eigenvalue weighted by atomic mass is 35.5. The van der Waals surface area contributed by atoms with E-state index in [-0.39, 0.29) is 17.5 Å². The number of amides is 1. The molecule has 1 fully saturated rings. The van der Waals surface area contributed by atoms with Crippen LogP contribution in [0, 0.1) is 23.0 Å². The number of benzene rings is 1. The number of carbonyl (C=O) groups excluding carboxylic acids is 1. The van der Waals surface area contributed by atoms with Crippen molar-refractivity contribution in [1.82, 2.24) is 0 Å². The van der Waals surface area contributed by atoms with Crippen LogP contribution in [0.25, 0.3) is 0 Å². The molecule has 96 valence electrons. The van der Waals surface area contributed by atoms with Crippen LogP contribution in [0.4, 0.5) is 11.4 Å². The van der Waals surface area contributed by atoms with Gasteiger partial charge in [-0.25, -0.2) is 0 Å². The summed E-state index contributed by atoms with van der Waals surface area (Å²) in [7, 11) is 0. The first kappa shape index (κ1) is 12.8. The van der Waals surface area contributed by atoms with Crippen LogP contribution in [0.3, 0.4) is 0 Å². The predicted molar refractivity (Wildman–Crippen MR) is 69.0 cm³/mol. The number of rotatable bonds is 3. The van der Waals surface area contributed by atoms with Crippen molar-refractivity contribution in [2.24, 2.45) is 5.92 Å². The highest BCUT2D eigenvalue weighted by Crippen LogP contribution is 2.29. The van der Waals surface area contributed by atoms with Crippen molar-refractivity contribution >= 4 is 28.9 Å². The van der Waals surface area contributed by atoms with E-state index in [4.69, 9.17) is 11.6 Å². The third kappa shape index (κ3) is 2.31. The summed E-state index contributed by atoms with van der Waals surface area (Å²) >= 11 is 5.76. The molecule has 0 N–H and O–H groups in total. The Bertz CT molecular complexity index is 504. The van der Waals surface area contributed by atoms with Crippen molar-refractivity contribution in [3.63, 3.8) is 0 Å². The van der Waals surface area contributed by atoms with Gasteiger partial charge in [-0.1, -0.05) is 0 Å². The molecule has 1 aliphatic rings. The van der Waals surface area contributed by atoms with Gasteiger partial charge >= 0.3 is 0 Å². The molecule has 1 amide bonds. The van der Waals surface area contributed by atoms with Crippen molar-refractivity contribution in [2.45, 2.75) is 13.3 Å². The number of nitro benzene ring substituents is 1. The Morgan fingerprint density at radius 2 is 2.28 bits per heavy atom. The molecule has 6 heteroatoms. The minimum Gasteiger partial charge on any atom is -0.312 e. The van der Waals surface area contributed by atoms with Gasteiger partial charge in [0, 0.05) is 36.2 Å². The Morgan fingerprint density at radius 1 is 1.56 bits per heavy atom. The maximum absolute atomic E-state index is 11.8. The lowest BCUT2D eigenvalue weighted by Gasteiger charge is -2.16. The first-order valence-corrected chi connectivity index (χ1v) is 6.17. The monoisotopic (exact) mass is 268 g/mol. The molecule has 1 unspecified atom stereocenters. The zero-order chi connectivity index (χ0) is 13.3. The van der Waals surface area contributed by atoms with E-state index in [2.05, 4.69) is 0 Å². The van der Waals surface area contributed by atoms with Crippen LogP contribution in [-0.2, 0) is 4.79 Å². The van der Waals surface area contributed by atoms with Crippen LogP contribution in [-0.4, -0.2) is 23.3 Å². The maximum Gasteiger partial charge on any atom is 0.272 e. The fraction of sp³-hybridized carbons (Fsp3) is 0.417. The third-order valence-corrected chi connectivity index (χ3v) is 3.55. The summed E-state index contributed by atoms with van der Waals surface area (Å²) in [5.74, 6) is 0.636. The summed E-state index contributed by atoms with van der Waals surface area (Å²) in [6, 6.07) is 4.72. The molecule has 1 heterocycles. The number of hydrogen-bond donors (Lipinski definition) is 0. The number of aryl methyl sites for hydroxylation is 1. The molecule has 0 aliphatic carbocycles. The second-order valence-corrected chi connectivity index (χ2v) is 4.77. The van der Waals surface area contributed by atoms with E-state index in [0.29, 0.717) is 30.1 Å². The summed E-state index contributed by atoms with van der Waals surface area (Å²) in [4.78, 5) is 23.8. The molecule has 1 saturated heterocycles. The maximum atomic E-state index is 11.8. The molecule has 0 radical (unpaired) electrons. The van der Waals surface area contributed by atoms with E-state index in [1.54, 1.807) is 24.0 Å². The van der Waals surface area contributed by atoms with Crippen molar-refractivity contribution in [1.29, 1.82) is 0 Å². The zero-order valence-corrected chi connectivity index (χ0v) is 10.7. The van der Waals surface area contributed by atoms with Crippen molar-refractivity contribution in [3.8, 4) is 0 Å². The van der Waals surface area contributed by atoms with Gasteiger partial charge in [0.05, 0.1) is 4.92 Å². The van der Waals surface area contributed by atoms with Gasteiger partial charge in [0.25, 0.3) is 5.69 Å². The van der Waals surface area contributed by atoms with E-state index in [1.165, 1.54) is 6.07 Å². The fourth-order valence-electron chi connectivity index (χ4n) is 2.15. The number of halogens is 1. The highest BCUT2D eigenvalue weighted by Gasteiger charge is 2.30. The Hall–Kier alpha value is -1.62. The quantitative estimate of drug-likeness (QED) is 0.481. The van der Waals surface area contributed by atoms with Crippen LogP contribution < -0.4 is 4.90 Å². The normalized spacial score (nSPS) is 19.3. The summed E-state index contributed by atoms with van der Waals surface area (Å²) in [5.41, 5.74) is 1.33. The first-order valence-electron chi connectivity index (χ1n) is 5.64. The zero-order valence-electron chi connectivity index (χ0n) is 9.93. The Kier molecular flexibility index (Phi) is 3.52. The topological polar surface area (TPSA) is 63.5 Å². The summed E-state index contributed by atoms with van der Waals surface area (Å²) in [5, 5.41) is 10.7. The van der Waals surface area contributed by atoms with Crippen LogP contribution >= 0.6 is 11.6 Å². The molecule has 1 aromatic carbocycles. The molecule has 0 saturated carbocycles. The Morgan fingerprint density at radius 3 is 2.78 bits per heavy atom. The van der Waals surface area contributed by atoms with Gasteiger partial charge in [-0.3, -0.25) is 14.9 Å². The predicted octanol–water partition coefficient (Wildman–Crippen LogP) is 2.49. The van der Waals surface area contributed by atoms with E-state index in [1.807, 2.05) is 0 Å². The lowest BCUT2D eigenvalue weighted by Crippen LogP contribution is -2.24. The van der Waals surface area contributed by atoms with Crippen LogP contribution in [0.1, 0.15) is 12.0 Å². The number of alkyl halides is 1. The number of carbonyl (C=O) groups is 1. The Balaban J connectivity index is 2.27.